The van der Waals surface area contributed by atoms with Gasteiger partial charge in [-0.3, -0.25) is 9.20 Å². The Labute approximate surface area is 111 Å². The Balaban J connectivity index is 2.86. The van der Waals surface area contributed by atoms with Crippen LogP contribution in [0.15, 0.2) is 23.1 Å². The third-order valence-electron chi connectivity index (χ3n) is 2.42. The molecule has 0 aromatic carbocycles. The number of halogens is 2. The number of carbonyl (C=O) groups excluding carboxylic acids is 1. The number of aromatic hydroxyl groups is 1. The molecule has 0 bridgehead atoms. The Morgan fingerprint density at radius 1 is 1.39 bits per heavy atom. The summed E-state index contributed by atoms with van der Waals surface area (Å²) < 4.78 is 5.69. The van der Waals surface area contributed by atoms with E-state index in [1.54, 1.807) is 0 Å². The lowest BCUT2D eigenvalue weighted by Crippen LogP contribution is -2.15. The van der Waals surface area contributed by atoms with Gasteiger partial charge in [0.15, 0.2) is 5.75 Å². The first kappa shape index (κ1) is 12.7. The Kier molecular flexibility index (Phi) is 3.19. The number of fused-ring (bicyclic) bond motifs is 1. The molecule has 0 unspecified atom stereocenters. The van der Waals surface area contributed by atoms with Gasteiger partial charge in [-0.1, -0.05) is 23.2 Å². The zero-order valence-electron chi connectivity index (χ0n) is 9.11. The van der Waals surface area contributed by atoms with Crippen LogP contribution in [0, 0.1) is 0 Å². The summed E-state index contributed by atoms with van der Waals surface area (Å²) in [6.45, 7) is 0. The number of esters is 1. The Morgan fingerprint density at radius 2 is 2.06 bits per heavy atom. The van der Waals surface area contributed by atoms with Crippen molar-refractivity contribution in [2.45, 2.75) is 0 Å². The molecule has 0 atom stereocenters. The topological polar surface area (TPSA) is 68.0 Å². The SMILES string of the molecule is COC(=O)c1ccn2c(=O)c(Cl)c(O)c(Cl)c2c1. The lowest BCUT2D eigenvalue weighted by Gasteiger charge is -2.08. The molecule has 2 aromatic heterocycles. The molecule has 2 heterocycles. The van der Waals surface area contributed by atoms with Crippen LogP contribution in [0.3, 0.4) is 0 Å². The molecule has 0 amide bonds. The molecule has 0 aliphatic carbocycles. The molecule has 0 radical (unpaired) electrons. The van der Waals surface area contributed by atoms with Gasteiger partial charge in [0.25, 0.3) is 5.56 Å². The fourth-order valence-electron chi connectivity index (χ4n) is 1.52. The van der Waals surface area contributed by atoms with E-state index in [0.717, 1.165) is 4.40 Å². The summed E-state index contributed by atoms with van der Waals surface area (Å²) in [4.78, 5) is 23.1. The van der Waals surface area contributed by atoms with Crippen LogP contribution in [0.2, 0.25) is 10.0 Å². The summed E-state index contributed by atoms with van der Waals surface area (Å²) in [7, 11) is 1.24. The van der Waals surface area contributed by atoms with Crippen LogP contribution in [0.25, 0.3) is 5.52 Å². The van der Waals surface area contributed by atoms with Gasteiger partial charge in [-0.05, 0) is 12.1 Å². The van der Waals surface area contributed by atoms with Crippen LogP contribution < -0.4 is 5.56 Å². The van der Waals surface area contributed by atoms with Crippen molar-refractivity contribution in [2.75, 3.05) is 7.11 Å². The minimum Gasteiger partial charge on any atom is -0.505 e. The van der Waals surface area contributed by atoms with Crippen LogP contribution in [-0.4, -0.2) is 22.6 Å². The van der Waals surface area contributed by atoms with Crippen LogP contribution in [-0.2, 0) is 4.74 Å². The number of nitrogens with zero attached hydrogens (tertiary/aromatic N) is 1. The molecule has 0 saturated carbocycles. The molecule has 0 spiro atoms. The molecule has 18 heavy (non-hydrogen) atoms. The fraction of sp³-hybridized carbons (Fsp3) is 0.0909. The number of pyridine rings is 2. The summed E-state index contributed by atoms with van der Waals surface area (Å²) in [6.07, 6.45) is 1.33. The number of hydrogen-bond donors (Lipinski definition) is 1. The van der Waals surface area contributed by atoms with Crippen molar-refractivity contribution in [1.82, 2.24) is 4.40 Å². The first-order chi connectivity index (χ1) is 8.47. The summed E-state index contributed by atoms with van der Waals surface area (Å²) in [5.41, 5.74) is -0.239. The van der Waals surface area contributed by atoms with Gasteiger partial charge >= 0.3 is 5.97 Å². The van der Waals surface area contributed by atoms with Gasteiger partial charge in [0.1, 0.15) is 10.0 Å². The van der Waals surface area contributed by atoms with E-state index in [-0.39, 0.29) is 21.1 Å². The molecule has 1 N–H and O–H groups in total. The maximum absolute atomic E-state index is 11.7. The van der Waals surface area contributed by atoms with Crippen LogP contribution in [0.4, 0.5) is 0 Å². The lowest BCUT2D eigenvalue weighted by atomic mass is 10.2. The van der Waals surface area contributed by atoms with E-state index in [9.17, 15) is 14.7 Å². The van der Waals surface area contributed by atoms with Crippen molar-refractivity contribution < 1.29 is 14.6 Å². The highest BCUT2D eigenvalue weighted by molar-refractivity contribution is 6.39. The standard InChI is InChI=1S/C11H7Cl2NO4/c1-18-11(17)5-2-3-14-6(4-5)7(12)9(15)8(13)10(14)16/h2-4,15H,1H3. The van der Waals surface area contributed by atoms with Gasteiger partial charge in [-0.15, -0.1) is 0 Å². The summed E-state index contributed by atoms with van der Waals surface area (Å²) >= 11 is 11.5. The minimum atomic E-state index is -0.620. The van der Waals surface area contributed by atoms with Gasteiger partial charge in [-0.2, -0.15) is 0 Å². The smallest absolute Gasteiger partial charge is 0.337 e. The third-order valence-corrected chi connectivity index (χ3v) is 3.14. The maximum Gasteiger partial charge on any atom is 0.337 e. The molecular formula is C11H7Cl2NO4. The first-order valence-corrected chi connectivity index (χ1v) is 5.53. The number of carbonyl (C=O) groups is 1. The molecule has 7 heteroatoms. The van der Waals surface area contributed by atoms with E-state index in [2.05, 4.69) is 4.74 Å². The Hall–Kier alpha value is -1.72. The molecular weight excluding hydrogens is 281 g/mol. The molecule has 94 valence electrons. The Morgan fingerprint density at radius 3 is 2.67 bits per heavy atom. The van der Waals surface area contributed by atoms with Crippen molar-refractivity contribution in [3.8, 4) is 5.75 Å². The second-order valence-corrected chi connectivity index (χ2v) is 4.20. The molecule has 0 aliphatic heterocycles. The predicted octanol–water partition coefficient (Wildman–Crippen LogP) is 2.10. The summed E-state index contributed by atoms with van der Waals surface area (Å²) in [5.74, 6) is -1.08. The number of hydrogen-bond acceptors (Lipinski definition) is 4. The Bertz CT molecular complexity index is 708. The van der Waals surface area contributed by atoms with Crippen molar-refractivity contribution in [3.05, 3.63) is 44.3 Å². The van der Waals surface area contributed by atoms with E-state index in [0.29, 0.717) is 0 Å². The second-order valence-electron chi connectivity index (χ2n) is 3.44. The molecule has 0 aliphatic rings. The highest BCUT2D eigenvalue weighted by Crippen LogP contribution is 2.32. The number of aromatic nitrogens is 1. The molecule has 2 aromatic rings. The van der Waals surface area contributed by atoms with E-state index in [1.807, 2.05) is 0 Å². The van der Waals surface area contributed by atoms with Crippen LogP contribution >= 0.6 is 23.2 Å². The second kappa shape index (κ2) is 4.51. The van der Waals surface area contributed by atoms with Gasteiger partial charge in [-0.25, -0.2) is 4.79 Å². The zero-order chi connectivity index (χ0) is 13.4. The molecule has 2 rings (SSSR count). The van der Waals surface area contributed by atoms with Gasteiger partial charge < -0.3 is 9.84 Å². The van der Waals surface area contributed by atoms with Gasteiger partial charge in [0.05, 0.1) is 18.2 Å². The zero-order valence-corrected chi connectivity index (χ0v) is 10.6. The largest absolute Gasteiger partial charge is 0.505 e. The average molecular weight is 288 g/mol. The van der Waals surface area contributed by atoms with E-state index < -0.39 is 17.3 Å². The van der Waals surface area contributed by atoms with Crippen molar-refractivity contribution in [2.24, 2.45) is 0 Å². The van der Waals surface area contributed by atoms with E-state index in [1.165, 1.54) is 25.4 Å². The monoisotopic (exact) mass is 287 g/mol. The fourth-order valence-corrected chi connectivity index (χ4v) is 1.99. The highest BCUT2D eigenvalue weighted by Gasteiger charge is 2.16. The van der Waals surface area contributed by atoms with Gasteiger partial charge in [0.2, 0.25) is 0 Å². The average Bonchev–Trinajstić information content (AvgIpc) is 2.41. The quantitative estimate of drug-likeness (QED) is 0.816. The van der Waals surface area contributed by atoms with Crippen LogP contribution in [0.1, 0.15) is 10.4 Å². The minimum absolute atomic E-state index is 0.106. The maximum atomic E-state index is 11.7. The lowest BCUT2D eigenvalue weighted by molar-refractivity contribution is 0.0600. The number of methoxy groups -OCH3 is 1. The molecule has 5 nitrogen and oxygen atoms in total. The number of rotatable bonds is 1. The highest BCUT2D eigenvalue weighted by atomic mass is 35.5. The normalized spacial score (nSPS) is 10.6. The van der Waals surface area contributed by atoms with Crippen molar-refractivity contribution in [3.63, 3.8) is 0 Å². The van der Waals surface area contributed by atoms with Crippen LogP contribution in [0.5, 0.6) is 5.75 Å². The van der Waals surface area contributed by atoms with E-state index in [4.69, 9.17) is 23.2 Å². The molecule has 0 fully saturated rings. The van der Waals surface area contributed by atoms with Crippen molar-refractivity contribution in [1.29, 1.82) is 0 Å². The summed E-state index contributed by atoms with van der Waals surface area (Å²) in [5, 5.41) is 9.10. The van der Waals surface area contributed by atoms with E-state index >= 15 is 0 Å². The third kappa shape index (κ3) is 1.81. The molecule has 0 saturated heterocycles. The summed E-state index contributed by atoms with van der Waals surface area (Å²) in [6, 6.07) is 2.73. The van der Waals surface area contributed by atoms with Gasteiger partial charge in [0, 0.05) is 6.20 Å². The first-order valence-electron chi connectivity index (χ1n) is 4.78. The number of ether oxygens (including phenoxy) is 1. The van der Waals surface area contributed by atoms with Crippen molar-refractivity contribution >= 4 is 34.7 Å². The predicted molar refractivity (Wildman–Crippen MR) is 66.7 cm³/mol.